The molecule has 1 rings (SSSR count). The fourth-order valence-electron chi connectivity index (χ4n) is 1.30. The van der Waals surface area contributed by atoms with Crippen molar-refractivity contribution in [3.8, 4) is 11.5 Å². The molecule has 5 nitrogen and oxygen atoms in total. The van der Waals surface area contributed by atoms with Crippen LogP contribution >= 0.6 is 0 Å². The Balaban J connectivity index is 2.78. The first-order chi connectivity index (χ1) is 7.90. The number of benzene rings is 1. The molecule has 0 fully saturated rings. The summed E-state index contributed by atoms with van der Waals surface area (Å²) < 4.78 is 24.1. The van der Waals surface area contributed by atoms with E-state index in [9.17, 15) is 13.6 Å². The summed E-state index contributed by atoms with van der Waals surface area (Å²) in [5.41, 5.74) is 0.320. The van der Waals surface area contributed by atoms with Gasteiger partial charge < -0.3 is 15.3 Å². The van der Waals surface area contributed by atoms with Crippen molar-refractivity contribution in [2.75, 3.05) is 0 Å². The Hall–Kier alpha value is -1.89. The quantitative estimate of drug-likeness (QED) is 0.458. The summed E-state index contributed by atoms with van der Waals surface area (Å²) in [4.78, 5) is 10.7. The molecule has 1 atom stereocenters. The van der Waals surface area contributed by atoms with E-state index < -0.39 is 24.3 Å². The highest BCUT2D eigenvalue weighted by Crippen LogP contribution is 2.25. The van der Waals surface area contributed by atoms with Crippen LogP contribution in [0.15, 0.2) is 18.2 Å². The van der Waals surface area contributed by atoms with Gasteiger partial charge >= 0.3 is 5.97 Å². The van der Waals surface area contributed by atoms with E-state index in [4.69, 9.17) is 15.3 Å². The van der Waals surface area contributed by atoms with Gasteiger partial charge in [0.15, 0.2) is 11.5 Å². The summed E-state index contributed by atoms with van der Waals surface area (Å²) in [7, 11) is 0. The minimum atomic E-state index is -2.94. The molecule has 0 heterocycles. The molecule has 94 valence electrons. The number of rotatable bonds is 5. The maximum Gasteiger partial charge on any atom is 0.321 e. The van der Waals surface area contributed by atoms with Crippen LogP contribution in [0.25, 0.3) is 0 Å². The first-order valence-corrected chi connectivity index (χ1v) is 4.68. The molecular formula is C10H11F2NO4. The van der Waals surface area contributed by atoms with E-state index in [0.29, 0.717) is 5.56 Å². The van der Waals surface area contributed by atoms with Crippen molar-refractivity contribution in [1.29, 1.82) is 0 Å². The zero-order valence-corrected chi connectivity index (χ0v) is 8.60. The van der Waals surface area contributed by atoms with Crippen LogP contribution in [-0.4, -0.2) is 33.9 Å². The number of aliphatic carboxylic acids is 1. The Morgan fingerprint density at radius 3 is 2.41 bits per heavy atom. The lowest BCUT2D eigenvalue weighted by molar-refractivity contribution is -0.140. The van der Waals surface area contributed by atoms with Crippen molar-refractivity contribution < 1.29 is 28.9 Å². The van der Waals surface area contributed by atoms with Crippen molar-refractivity contribution in [1.82, 2.24) is 5.32 Å². The second kappa shape index (κ2) is 5.44. The number of phenols is 2. The molecule has 0 spiro atoms. The third-order valence-corrected chi connectivity index (χ3v) is 2.10. The fourth-order valence-corrected chi connectivity index (χ4v) is 1.30. The summed E-state index contributed by atoms with van der Waals surface area (Å²) in [6.45, 7) is -2.94. The van der Waals surface area contributed by atoms with Crippen molar-refractivity contribution in [2.45, 2.75) is 19.0 Å². The van der Waals surface area contributed by atoms with Gasteiger partial charge in [0, 0.05) is 0 Å². The number of alkyl halides is 2. The molecule has 0 saturated carbocycles. The van der Waals surface area contributed by atoms with Gasteiger partial charge in [-0.3, -0.25) is 4.79 Å². The second-order valence-corrected chi connectivity index (χ2v) is 3.39. The molecular weight excluding hydrogens is 236 g/mol. The van der Waals surface area contributed by atoms with Gasteiger partial charge in [0.25, 0.3) is 6.55 Å². The standard InChI is InChI=1S/C10H11F2NO4/c11-10(12)13-6(9(16)17)3-5-1-2-7(14)8(15)4-5/h1-2,4,6,10,13-15H,3H2,(H,16,17)/t6-/m0/s1. The van der Waals surface area contributed by atoms with E-state index in [0.717, 1.165) is 12.1 Å². The molecule has 0 radical (unpaired) electrons. The van der Waals surface area contributed by atoms with Gasteiger partial charge in [0.05, 0.1) is 0 Å². The van der Waals surface area contributed by atoms with Crippen LogP contribution in [0.4, 0.5) is 8.78 Å². The van der Waals surface area contributed by atoms with Crippen LogP contribution in [0.2, 0.25) is 0 Å². The summed E-state index contributed by atoms with van der Waals surface area (Å²) in [5.74, 6) is -2.20. The summed E-state index contributed by atoms with van der Waals surface area (Å²) in [6, 6.07) is 2.17. The average molecular weight is 247 g/mol. The zero-order chi connectivity index (χ0) is 13.0. The predicted molar refractivity (Wildman–Crippen MR) is 54.0 cm³/mol. The van der Waals surface area contributed by atoms with Crippen LogP contribution in [0.1, 0.15) is 5.56 Å². The van der Waals surface area contributed by atoms with E-state index in [1.165, 1.54) is 6.07 Å². The van der Waals surface area contributed by atoms with E-state index in [1.807, 2.05) is 0 Å². The zero-order valence-electron chi connectivity index (χ0n) is 8.60. The number of carboxylic acid groups (broad SMARTS) is 1. The molecule has 0 amide bonds. The SMILES string of the molecule is O=C(O)[C@H](Cc1ccc(O)c(O)c1)NC(F)F. The molecule has 0 aromatic heterocycles. The number of halogens is 2. The van der Waals surface area contributed by atoms with Crippen molar-refractivity contribution in [3.63, 3.8) is 0 Å². The summed E-state index contributed by atoms with van der Waals surface area (Å²) in [6.07, 6.45) is -0.229. The Bertz CT molecular complexity index is 411. The molecule has 1 aromatic carbocycles. The molecule has 1 aromatic rings. The van der Waals surface area contributed by atoms with Crippen molar-refractivity contribution >= 4 is 5.97 Å². The van der Waals surface area contributed by atoms with Crippen LogP contribution in [0.3, 0.4) is 0 Å². The lowest BCUT2D eigenvalue weighted by Gasteiger charge is -2.14. The number of aromatic hydroxyl groups is 2. The van der Waals surface area contributed by atoms with Crippen molar-refractivity contribution in [2.24, 2.45) is 0 Å². The molecule has 0 bridgehead atoms. The molecule has 0 unspecified atom stereocenters. The van der Waals surface area contributed by atoms with Crippen molar-refractivity contribution in [3.05, 3.63) is 23.8 Å². The number of hydrogen-bond acceptors (Lipinski definition) is 4. The topological polar surface area (TPSA) is 89.8 Å². The Morgan fingerprint density at radius 1 is 1.29 bits per heavy atom. The third kappa shape index (κ3) is 3.87. The number of hydrogen-bond donors (Lipinski definition) is 4. The number of phenolic OH excluding ortho intramolecular Hbond substituents is 2. The maximum atomic E-state index is 12.0. The smallest absolute Gasteiger partial charge is 0.321 e. The van der Waals surface area contributed by atoms with Crippen LogP contribution < -0.4 is 5.32 Å². The van der Waals surface area contributed by atoms with Gasteiger partial charge in [-0.2, -0.15) is 8.78 Å². The van der Waals surface area contributed by atoms with E-state index >= 15 is 0 Å². The van der Waals surface area contributed by atoms with Crippen LogP contribution in [0, 0.1) is 0 Å². The second-order valence-electron chi connectivity index (χ2n) is 3.39. The molecule has 0 aliphatic rings. The molecule has 17 heavy (non-hydrogen) atoms. The highest BCUT2D eigenvalue weighted by Gasteiger charge is 2.21. The molecule has 4 N–H and O–H groups in total. The summed E-state index contributed by atoms with van der Waals surface area (Å²) >= 11 is 0. The maximum absolute atomic E-state index is 12.0. The van der Waals surface area contributed by atoms with E-state index in [1.54, 1.807) is 5.32 Å². The lowest BCUT2D eigenvalue weighted by atomic mass is 10.1. The largest absolute Gasteiger partial charge is 0.504 e. The monoisotopic (exact) mass is 247 g/mol. The van der Waals surface area contributed by atoms with Gasteiger partial charge in [-0.1, -0.05) is 6.07 Å². The number of nitrogens with one attached hydrogen (secondary N) is 1. The minimum Gasteiger partial charge on any atom is -0.504 e. The third-order valence-electron chi connectivity index (χ3n) is 2.10. The van der Waals surface area contributed by atoms with Gasteiger partial charge in [-0.25, -0.2) is 5.32 Å². The Kier molecular flexibility index (Phi) is 4.22. The highest BCUT2D eigenvalue weighted by molar-refractivity contribution is 5.74. The minimum absolute atomic E-state index is 0.229. The van der Waals surface area contributed by atoms with E-state index in [-0.39, 0.29) is 12.2 Å². The Morgan fingerprint density at radius 2 is 1.94 bits per heavy atom. The molecule has 7 heteroatoms. The molecule has 0 aliphatic heterocycles. The van der Waals surface area contributed by atoms with E-state index in [2.05, 4.69) is 0 Å². The number of carbonyl (C=O) groups is 1. The fraction of sp³-hybridized carbons (Fsp3) is 0.300. The molecule has 0 saturated heterocycles. The van der Waals surface area contributed by atoms with Gasteiger partial charge in [0.1, 0.15) is 6.04 Å². The summed E-state index contributed by atoms with van der Waals surface area (Å²) in [5, 5.41) is 28.5. The number of carboxylic acids is 1. The van der Waals surface area contributed by atoms with Crippen LogP contribution in [-0.2, 0) is 11.2 Å². The van der Waals surface area contributed by atoms with Gasteiger partial charge in [-0.05, 0) is 24.1 Å². The van der Waals surface area contributed by atoms with Crippen LogP contribution in [0.5, 0.6) is 11.5 Å². The van der Waals surface area contributed by atoms with Gasteiger partial charge in [0.2, 0.25) is 0 Å². The van der Waals surface area contributed by atoms with Gasteiger partial charge in [-0.15, -0.1) is 0 Å². The lowest BCUT2D eigenvalue weighted by Crippen LogP contribution is -2.41. The highest BCUT2D eigenvalue weighted by atomic mass is 19.3. The normalized spacial score (nSPS) is 12.6. The first kappa shape index (κ1) is 13.2. The predicted octanol–water partition coefficient (Wildman–Crippen LogP) is 0.906. The average Bonchev–Trinajstić information content (AvgIpc) is 2.21. The Labute approximate surface area is 95.3 Å². The first-order valence-electron chi connectivity index (χ1n) is 4.68. The molecule has 0 aliphatic carbocycles.